The summed E-state index contributed by atoms with van der Waals surface area (Å²) in [5, 5.41) is 5.84. The molecule has 5 rings (SSSR count). The van der Waals surface area contributed by atoms with Crippen molar-refractivity contribution in [2.24, 2.45) is 0 Å². The van der Waals surface area contributed by atoms with Crippen LogP contribution < -0.4 is 15.5 Å². The summed E-state index contributed by atoms with van der Waals surface area (Å²) < 4.78 is 11.2. The Hall–Kier alpha value is -2.75. The molecule has 2 amide bonds. The molecular formula is C28H40N6O3. The van der Waals surface area contributed by atoms with Crippen molar-refractivity contribution in [3.8, 4) is 11.4 Å². The third-order valence-electron chi connectivity index (χ3n) is 7.65. The lowest BCUT2D eigenvalue weighted by molar-refractivity contribution is -0.0699. The number of benzene rings is 1. The van der Waals surface area contributed by atoms with Crippen molar-refractivity contribution in [2.45, 2.75) is 64.6 Å². The smallest absolute Gasteiger partial charge is 0.319 e. The normalized spacial score (nSPS) is 20.3. The van der Waals surface area contributed by atoms with Gasteiger partial charge in [-0.3, -0.25) is 4.90 Å². The van der Waals surface area contributed by atoms with Gasteiger partial charge in [-0.25, -0.2) is 14.8 Å². The van der Waals surface area contributed by atoms with Gasteiger partial charge in [-0.1, -0.05) is 26.7 Å². The molecule has 2 fully saturated rings. The Bertz CT molecular complexity index is 1060. The number of hydrogen-bond acceptors (Lipinski definition) is 7. The van der Waals surface area contributed by atoms with Crippen LogP contribution in [0.1, 0.15) is 50.8 Å². The second-order valence-electron chi connectivity index (χ2n) is 10.2. The Morgan fingerprint density at radius 1 is 1.05 bits per heavy atom. The number of ether oxygens (including phenoxy) is 2. The molecule has 2 aromatic rings. The molecule has 3 aliphatic rings. The zero-order valence-electron chi connectivity index (χ0n) is 22.2. The zero-order valence-corrected chi connectivity index (χ0v) is 22.2. The fourth-order valence-corrected chi connectivity index (χ4v) is 5.27. The van der Waals surface area contributed by atoms with E-state index in [2.05, 4.69) is 34.3 Å². The first-order valence-corrected chi connectivity index (χ1v) is 13.9. The van der Waals surface area contributed by atoms with E-state index in [0.29, 0.717) is 18.6 Å². The van der Waals surface area contributed by atoms with Gasteiger partial charge >= 0.3 is 6.03 Å². The number of carbonyl (C=O) groups excluding carboxylic acids is 1. The summed E-state index contributed by atoms with van der Waals surface area (Å²) in [6.07, 6.45) is 5.21. The molecule has 0 saturated carbocycles. The summed E-state index contributed by atoms with van der Waals surface area (Å²) in [5.41, 5.74) is 4.10. The lowest BCUT2D eigenvalue weighted by Gasteiger charge is -2.42. The predicted molar refractivity (Wildman–Crippen MR) is 145 cm³/mol. The third-order valence-corrected chi connectivity index (χ3v) is 7.65. The summed E-state index contributed by atoms with van der Waals surface area (Å²) in [6, 6.07) is 8.47. The molecule has 9 heteroatoms. The molecule has 2 N–H and O–H groups in total. The van der Waals surface area contributed by atoms with E-state index in [9.17, 15) is 4.79 Å². The number of carbonyl (C=O) groups is 1. The first-order valence-electron chi connectivity index (χ1n) is 13.9. The van der Waals surface area contributed by atoms with E-state index >= 15 is 0 Å². The van der Waals surface area contributed by atoms with Gasteiger partial charge in [-0.2, -0.15) is 0 Å². The van der Waals surface area contributed by atoms with Crippen molar-refractivity contribution in [1.82, 2.24) is 20.2 Å². The number of nitrogens with zero attached hydrogens (tertiary/aromatic N) is 4. The number of rotatable bonds is 9. The van der Waals surface area contributed by atoms with Gasteiger partial charge < -0.3 is 25.0 Å². The standard InChI is InChI=1S/C28H40N6O3/c1-3-5-6-12-29-28(35)30-21-9-7-20(8-10-21)26-31-25-16-33(23-18-37-19-23)13-11-24(25)27(32-26)34-14-15-36-17-22(34)4-2/h7-10,22-23H,3-6,11-19H2,1-2H3,(H2,29,30,35). The highest BCUT2D eigenvalue weighted by molar-refractivity contribution is 5.89. The number of anilines is 2. The van der Waals surface area contributed by atoms with Crippen LogP contribution in [0.2, 0.25) is 0 Å². The minimum atomic E-state index is -0.172. The van der Waals surface area contributed by atoms with E-state index in [1.807, 2.05) is 24.3 Å². The summed E-state index contributed by atoms with van der Waals surface area (Å²) in [4.78, 5) is 27.4. The van der Waals surface area contributed by atoms with Gasteiger partial charge in [0.05, 0.1) is 44.2 Å². The van der Waals surface area contributed by atoms with Crippen LogP contribution in [-0.4, -0.2) is 79.0 Å². The topological polar surface area (TPSA) is 91.9 Å². The SMILES string of the molecule is CCCCCNC(=O)Nc1ccc(-c2nc3c(c(N4CCOCC4CC)n2)CCN(C2COC2)C3)cc1. The van der Waals surface area contributed by atoms with E-state index in [0.717, 1.165) is 107 Å². The van der Waals surface area contributed by atoms with Crippen molar-refractivity contribution in [3.05, 3.63) is 35.5 Å². The number of aromatic nitrogens is 2. The molecule has 1 unspecified atom stereocenters. The Labute approximate surface area is 219 Å². The van der Waals surface area contributed by atoms with Crippen molar-refractivity contribution in [3.63, 3.8) is 0 Å². The number of morpholine rings is 1. The first kappa shape index (κ1) is 25.9. The number of fused-ring (bicyclic) bond motifs is 1. The maximum Gasteiger partial charge on any atom is 0.319 e. The third kappa shape index (κ3) is 6.05. The van der Waals surface area contributed by atoms with E-state index in [4.69, 9.17) is 19.4 Å². The molecule has 0 spiro atoms. The molecular weight excluding hydrogens is 468 g/mol. The van der Waals surface area contributed by atoms with Crippen LogP contribution in [-0.2, 0) is 22.4 Å². The Kier molecular flexibility index (Phi) is 8.53. The van der Waals surface area contributed by atoms with E-state index in [-0.39, 0.29) is 6.03 Å². The van der Waals surface area contributed by atoms with E-state index in [1.165, 1.54) is 5.56 Å². The van der Waals surface area contributed by atoms with Crippen LogP contribution in [0.4, 0.5) is 16.3 Å². The highest BCUT2D eigenvalue weighted by Gasteiger charge is 2.33. The lowest BCUT2D eigenvalue weighted by atomic mass is 10.0. The molecule has 2 saturated heterocycles. The number of nitrogens with one attached hydrogen (secondary N) is 2. The number of hydrogen-bond donors (Lipinski definition) is 2. The first-order chi connectivity index (χ1) is 18.2. The second-order valence-corrected chi connectivity index (χ2v) is 10.2. The predicted octanol–water partition coefficient (Wildman–Crippen LogP) is 3.83. The van der Waals surface area contributed by atoms with Crippen molar-refractivity contribution < 1.29 is 14.3 Å². The summed E-state index contributed by atoms with van der Waals surface area (Å²) in [6.45, 7) is 10.8. The molecule has 9 nitrogen and oxygen atoms in total. The van der Waals surface area contributed by atoms with Crippen LogP contribution in [0.25, 0.3) is 11.4 Å². The molecule has 37 heavy (non-hydrogen) atoms. The van der Waals surface area contributed by atoms with Crippen LogP contribution in [0.15, 0.2) is 24.3 Å². The number of amides is 2. The van der Waals surface area contributed by atoms with E-state index in [1.54, 1.807) is 0 Å². The highest BCUT2D eigenvalue weighted by Crippen LogP contribution is 2.33. The fraction of sp³-hybridized carbons (Fsp3) is 0.607. The van der Waals surface area contributed by atoms with Crippen LogP contribution in [0.3, 0.4) is 0 Å². The molecule has 200 valence electrons. The Balaban J connectivity index is 1.38. The molecule has 0 radical (unpaired) electrons. The molecule has 0 bridgehead atoms. The Morgan fingerprint density at radius 3 is 2.62 bits per heavy atom. The maximum atomic E-state index is 12.2. The van der Waals surface area contributed by atoms with Crippen LogP contribution >= 0.6 is 0 Å². The van der Waals surface area contributed by atoms with Gasteiger partial charge in [0.25, 0.3) is 0 Å². The largest absolute Gasteiger partial charge is 0.378 e. The molecule has 3 aliphatic heterocycles. The molecule has 1 aromatic carbocycles. The van der Waals surface area contributed by atoms with Crippen molar-refractivity contribution in [1.29, 1.82) is 0 Å². The molecule has 1 aromatic heterocycles. The lowest BCUT2D eigenvalue weighted by Crippen LogP contribution is -2.51. The van der Waals surface area contributed by atoms with E-state index < -0.39 is 0 Å². The molecule has 0 aliphatic carbocycles. The monoisotopic (exact) mass is 508 g/mol. The average Bonchev–Trinajstić information content (AvgIpc) is 2.90. The van der Waals surface area contributed by atoms with Crippen molar-refractivity contribution >= 4 is 17.5 Å². The summed E-state index contributed by atoms with van der Waals surface area (Å²) in [5.74, 6) is 1.80. The average molecular weight is 509 g/mol. The number of urea groups is 1. The van der Waals surface area contributed by atoms with Gasteiger partial charge in [-0.15, -0.1) is 0 Å². The molecule has 4 heterocycles. The van der Waals surface area contributed by atoms with Gasteiger partial charge in [0.2, 0.25) is 0 Å². The summed E-state index contributed by atoms with van der Waals surface area (Å²) in [7, 11) is 0. The van der Waals surface area contributed by atoms with Gasteiger partial charge in [0.1, 0.15) is 5.82 Å². The van der Waals surface area contributed by atoms with Gasteiger partial charge in [0.15, 0.2) is 5.82 Å². The quantitative estimate of drug-likeness (QED) is 0.498. The minimum absolute atomic E-state index is 0.172. The Morgan fingerprint density at radius 2 is 1.89 bits per heavy atom. The minimum Gasteiger partial charge on any atom is -0.378 e. The second kappa shape index (κ2) is 12.2. The maximum absolute atomic E-state index is 12.2. The zero-order chi connectivity index (χ0) is 25.6. The van der Waals surface area contributed by atoms with Crippen molar-refractivity contribution in [2.75, 3.05) is 56.3 Å². The summed E-state index contributed by atoms with van der Waals surface area (Å²) >= 11 is 0. The fourth-order valence-electron chi connectivity index (χ4n) is 5.27. The molecule has 1 atom stereocenters. The van der Waals surface area contributed by atoms with Crippen LogP contribution in [0.5, 0.6) is 0 Å². The van der Waals surface area contributed by atoms with Crippen LogP contribution in [0, 0.1) is 0 Å². The highest BCUT2D eigenvalue weighted by atomic mass is 16.5. The van der Waals surface area contributed by atoms with Gasteiger partial charge in [0, 0.05) is 43.0 Å². The van der Waals surface area contributed by atoms with Gasteiger partial charge in [-0.05, 0) is 43.5 Å². The number of unbranched alkanes of at least 4 members (excludes halogenated alkanes) is 2.